The number of fused-ring (bicyclic) bond motifs is 1. The van der Waals surface area contributed by atoms with Gasteiger partial charge in [-0.05, 0) is 42.0 Å². The maximum atomic E-state index is 12.9. The maximum Gasteiger partial charge on any atom is 0.257 e. The number of hydrogen-bond acceptors (Lipinski definition) is 8. The summed E-state index contributed by atoms with van der Waals surface area (Å²) in [4.78, 5) is 25.3. The van der Waals surface area contributed by atoms with Crippen LogP contribution in [-0.2, 0) is 20.0 Å². The first-order valence-corrected chi connectivity index (χ1v) is 10.8. The van der Waals surface area contributed by atoms with Crippen LogP contribution >= 0.6 is 0 Å². The van der Waals surface area contributed by atoms with Gasteiger partial charge in [0, 0.05) is 31.1 Å². The Morgan fingerprint density at radius 1 is 1.12 bits per heavy atom. The summed E-state index contributed by atoms with van der Waals surface area (Å²) in [6, 6.07) is 11.6. The fraction of sp³-hybridized carbons (Fsp3) is 0.250. The molecular formula is C24H24N8O2. The van der Waals surface area contributed by atoms with Crippen molar-refractivity contribution in [3.05, 3.63) is 70.8 Å². The maximum absolute atomic E-state index is 12.9. The lowest BCUT2D eigenvalue weighted by atomic mass is 10.1. The number of para-hydroxylation sites is 1. The van der Waals surface area contributed by atoms with Crippen LogP contribution in [0.3, 0.4) is 0 Å². The zero-order valence-corrected chi connectivity index (χ0v) is 19.4. The summed E-state index contributed by atoms with van der Waals surface area (Å²) in [7, 11) is 5.07. The molecule has 34 heavy (non-hydrogen) atoms. The van der Waals surface area contributed by atoms with Gasteiger partial charge in [0.25, 0.3) is 5.91 Å². The number of ether oxygens (including phenoxy) is 1. The largest absolute Gasteiger partial charge is 0.494 e. The zero-order chi connectivity index (χ0) is 23.8. The molecule has 4 aromatic rings. The molecule has 1 aromatic carbocycles. The highest BCUT2D eigenvalue weighted by molar-refractivity contribution is 6.03. The third-order valence-electron chi connectivity index (χ3n) is 5.67. The Kier molecular flexibility index (Phi) is 5.40. The number of amides is 1. The van der Waals surface area contributed by atoms with E-state index in [2.05, 4.69) is 25.7 Å². The van der Waals surface area contributed by atoms with Crippen molar-refractivity contribution >= 4 is 17.3 Å². The first kappa shape index (κ1) is 21.5. The summed E-state index contributed by atoms with van der Waals surface area (Å²) in [6.45, 7) is 2.46. The Hall–Kier alpha value is -4.34. The lowest BCUT2D eigenvalue weighted by molar-refractivity contribution is 0.0817. The van der Waals surface area contributed by atoms with Crippen molar-refractivity contribution in [2.75, 3.05) is 19.5 Å². The van der Waals surface area contributed by atoms with Gasteiger partial charge >= 0.3 is 0 Å². The van der Waals surface area contributed by atoms with E-state index in [1.54, 1.807) is 26.1 Å². The van der Waals surface area contributed by atoms with E-state index in [0.717, 1.165) is 22.6 Å². The lowest BCUT2D eigenvalue weighted by Crippen LogP contribution is -2.18. The number of aromatic nitrogens is 6. The second kappa shape index (κ2) is 8.54. The molecular weight excluding hydrogens is 432 g/mol. The van der Waals surface area contributed by atoms with E-state index < -0.39 is 0 Å². The van der Waals surface area contributed by atoms with Crippen LogP contribution in [0, 0.1) is 6.92 Å². The van der Waals surface area contributed by atoms with Gasteiger partial charge in [-0.2, -0.15) is 4.80 Å². The molecule has 0 bridgehead atoms. The summed E-state index contributed by atoms with van der Waals surface area (Å²) < 4.78 is 5.72. The highest BCUT2D eigenvalue weighted by atomic mass is 16.5. The fourth-order valence-corrected chi connectivity index (χ4v) is 4.04. The Morgan fingerprint density at radius 2 is 1.97 bits per heavy atom. The number of rotatable bonds is 6. The van der Waals surface area contributed by atoms with Crippen molar-refractivity contribution in [2.24, 2.45) is 7.05 Å². The van der Waals surface area contributed by atoms with Crippen LogP contribution in [0.25, 0.3) is 11.4 Å². The van der Waals surface area contributed by atoms with Gasteiger partial charge < -0.3 is 15.0 Å². The molecule has 0 aliphatic carbocycles. The number of hydrogen-bond donors (Lipinski definition) is 1. The molecule has 1 aliphatic heterocycles. The number of nitrogens with one attached hydrogen (secondary N) is 1. The lowest BCUT2D eigenvalue weighted by Gasteiger charge is -2.16. The van der Waals surface area contributed by atoms with Gasteiger partial charge in [0.15, 0.2) is 5.75 Å². The third kappa shape index (κ3) is 3.94. The Bertz CT molecular complexity index is 1380. The first-order chi connectivity index (χ1) is 16.4. The molecule has 0 saturated carbocycles. The number of anilines is 2. The minimum atomic E-state index is -0.0734. The van der Waals surface area contributed by atoms with Gasteiger partial charge in [0.1, 0.15) is 0 Å². The van der Waals surface area contributed by atoms with Crippen molar-refractivity contribution in [1.82, 2.24) is 35.1 Å². The molecule has 10 nitrogen and oxygen atoms in total. The predicted octanol–water partition coefficient (Wildman–Crippen LogP) is 2.90. The molecule has 0 saturated heterocycles. The summed E-state index contributed by atoms with van der Waals surface area (Å²) >= 11 is 0. The van der Waals surface area contributed by atoms with Crippen molar-refractivity contribution in [1.29, 1.82) is 0 Å². The predicted molar refractivity (Wildman–Crippen MR) is 126 cm³/mol. The Morgan fingerprint density at radius 3 is 2.68 bits per heavy atom. The van der Waals surface area contributed by atoms with Gasteiger partial charge in [0.2, 0.25) is 5.82 Å². The highest BCUT2D eigenvalue weighted by Gasteiger charge is 2.30. The van der Waals surface area contributed by atoms with Crippen molar-refractivity contribution < 1.29 is 9.53 Å². The quantitative estimate of drug-likeness (QED) is 0.472. The van der Waals surface area contributed by atoms with Crippen LogP contribution in [-0.4, -0.2) is 55.1 Å². The fourth-order valence-electron chi connectivity index (χ4n) is 4.04. The number of carbonyl (C=O) groups is 1. The van der Waals surface area contributed by atoms with E-state index in [0.29, 0.717) is 47.0 Å². The minimum Gasteiger partial charge on any atom is -0.494 e. The minimum absolute atomic E-state index is 0.0734. The molecule has 0 unspecified atom stereocenters. The smallest absolute Gasteiger partial charge is 0.257 e. The van der Waals surface area contributed by atoms with Crippen LogP contribution in [0.2, 0.25) is 0 Å². The number of benzene rings is 1. The van der Waals surface area contributed by atoms with Crippen LogP contribution in [0.1, 0.15) is 33.0 Å². The van der Waals surface area contributed by atoms with E-state index in [1.165, 1.54) is 4.80 Å². The summed E-state index contributed by atoms with van der Waals surface area (Å²) in [5.74, 6) is 0.933. The normalized spacial score (nSPS) is 12.7. The van der Waals surface area contributed by atoms with E-state index in [-0.39, 0.29) is 5.91 Å². The molecule has 1 amide bonds. The number of carbonyl (C=O) groups excluding carboxylic acids is 1. The molecule has 4 heterocycles. The summed E-state index contributed by atoms with van der Waals surface area (Å²) in [6.07, 6.45) is 2.40. The molecule has 0 radical (unpaired) electrons. The molecule has 3 aromatic heterocycles. The van der Waals surface area contributed by atoms with Gasteiger partial charge in [-0.3, -0.25) is 14.8 Å². The Balaban J connectivity index is 1.56. The summed E-state index contributed by atoms with van der Waals surface area (Å²) in [5.41, 5.74) is 6.19. The molecule has 1 aliphatic rings. The SMILES string of the molecule is COc1c(Nc2cc(Cc3ccc(C)cn3)nc3c2C(=O)N(C)C3)cccc1-c1nnn(C)n1. The van der Waals surface area contributed by atoms with E-state index >= 15 is 0 Å². The second-order valence-corrected chi connectivity index (χ2v) is 8.26. The highest BCUT2D eigenvalue weighted by Crippen LogP contribution is 2.38. The van der Waals surface area contributed by atoms with Crippen LogP contribution < -0.4 is 10.1 Å². The van der Waals surface area contributed by atoms with Gasteiger partial charge in [-0.25, -0.2) is 0 Å². The van der Waals surface area contributed by atoms with E-state index in [1.807, 2.05) is 49.5 Å². The first-order valence-electron chi connectivity index (χ1n) is 10.8. The number of aryl methyl sites for hydroxylation is 2. The molecule has 172 valence electrons. The van der Waals surface area contributed by atoms with Gasteiger partial charge in [0.05, 0.1) is 48.9 Å². The number of nitrogens with zero attached hydrogens (tertiary/aromatic N) is 7. The Labute approximate surface area is 196 Å². The van der Waals surface area contributed by atoms with Crippen LogP contribution in [0.5, 0.6) is 5.75 Å². The van der Waals surface area contributed by atoms with Gasteiger partial charge in [-0.1, -0.05) is 12.1 Å². The number of methoxy groups -OCH3 is 1. The molecule has 0 fully saturated rings. The zero-order valence-electron chi connectivity index (χ0n) is 19.4. The van der Waals surface area contributed by atoms with E-state index in [4.69, 9.17) is 9.72 Å². The van der Waals surface area contributed by atoms with Crippen LogP contribution in [0.4, 0.5) is 11.4 Å². The second-order valence-electron chi connectivity index (χ2n) is 8.26. The average Bonchev–Trinajstić information content (AvgIpc) is 3.38. The van der Waals surface area contributed by atoms with Crippen molar-refractivity contribution in [3.63, 3.8) is 0 Å². The monoisotopic (exact) mass is 456 g/mol. The molecule has 10 heteroatoms. The standard InChI is InChI=1S/C24H24N8O2/c1-14-8-9-15(25-12-14)10-16-11-19(21-20(26-16)13-31(2)24(21)33)27-18-7-5-6-17(22(18)34-4)23-28-30-32(3)29-23/h5-9,11-12H,10,13H2,1-4H3,(H,26,27). The van der Waals surface area contributed by atoms with E-state index in [9.17, 15) is 4.79 Å². The van der Waals surface area contributed by atoms with Gasteiger partial charge in [-0.15, -0.1) is 10.2 Å². The summed E-state index contributed by atoms with van der Waals surface area (Å²) in [5, 5.41) is 15.7. The third-order valence-corrected chi connectivity index (χ3v) is 5.67. The molecule has 5 rings (SSSR count). The number of pyridine rings is 2. The average molecular weight is 457 g/mol. The molecule has 0 atom stereocenters. The number of tetrazole rings is 1. The topological polar surface area (TPSA) is 111 Å². The molecule has 0 spiro atoms. The van der Waals surface area contributed by atoms with Crippen LogP contribution in [0.15, 0.2) is 42.6 Å². The van der Waals surface area contributed by atoms with Crippen molar-refractivity contribution in [3.8, 4) is 17.1 Å². The molecule has 1 N–H and O–H groups in total. The van der Waals surface area contributed by atoms with Crippen molar-refractivity contribution in [2.45, 2.75) is 19.9 Å².